The Balaban J connectivity index is 1.84. The van der Waals surface area contributed by atoms with Gasteiger partial charge in [0.05, 0.1) is 23.6 Å². The predicted octanol–water partition coefficient (Wildman–Crippen LogP) is 4.80. The Bertz CT molecular complexity index is 974. The maximum absolute atomic E-state index is 13.1. The van der Waals surface area contributed by atoms with E-state index >= 15 is 0 Å². The molecule has 0 radical (unpaired) electrons. The lowest BCUT2D eigenvalue weighted by Gasteiger charge is -2.18. The lowest BCUT2D eigenvalue weighted by atomic mass is 10.2. The van der Waals surface area contributed by atoms with Crippen molar-refractivity contribution in [1.29, 1.82) is 0 Å². The average Bonchev–Trinajstić information content (AvgIpc) is 3.35. The van der Waals surface area contributed by atoms with Crippen molar-refractivity contribution in [3.05, 3.63) is 51.3 Å². The molecule has 30 heavy (non-hydrogen) atoms. The van der Waals surface area contributed by atoms with Gasteiger partial charge in [0.25, 0.3) is 5.91 Å². The molecule has 2 amide bonds. The molecular formula is C21H22ClN3O3S2. The number of benzene rings is 1. The Kier molecular flexibility index (Phi) is 7.95. The summed E-state index contributed by atoms with van der Waals surface area (Å²) >= 11 is 9.01. The Labute approximate surface area is 189 Å². The third kappa shape index (κ3) is 5.44. The first-order chi connectivity index (χ1) is 14.5. The van der Waals surface area contributed by atoms with Crippen LogP contribution >= 0.6 is 34.7 Å². The molecule has 0 saturated heterocycles. The highest BCUT2D eigenvalue weighted by Crippen LogP contribution is 2.34. The molecule has 158 valence electrons. The standard InChI is InChI=1S/C21H22ClN3O3S2/c1-3-4-9-23-19(26)13-30-21-24-17(12-15-6-5-10-29-15)20(27)25(21)14-7-8-18(28-2)16(22)11-14/h5-8,10-12H,3-4,9,13H2,1-2H3,(H,23,26). The van der Waals surface area contributed by atoms with Gasteiger partial charge in [-0.3, -0.25) is 14.5 Å². The van der Waals surface area contributed by atoms with E-state index in [1.807, 2.05) is 17.5 Å². The summed E-state index contributed by atoms with van der Waals surface area (Å²) in [6.45, 7) is 2.71. The second kappa shape index (κ2) is 10.7. The molecule has 3 rings (SSSR count). The molecule has 0 saturated carbocycles. The number of carbonyl (C=O) groups is 2. The highest BCUT2D eigenvalue weighted by molar-refractivity contribution is 8.14. The van der Waals surface area contributed by atoms with Crippen molar-refractivity contribution < 1.29 is 14.3 Å². The minimum Gasteiger partial charge on any atom is -0.495 e. The Morgan fingerprint density at radius 3 is 2.90 bits per heavy atom. The SMILES string of the molecule is CCCCNC(=O)CSC1=NC(=Cc2cccs2)C(=O)N1c1ccc(OC)c(Cl)c1. The third-order valence-electron chi connectivity index (χ3n) is 4.23. The molecule has 1 aromatic heterocycles. The van der Waals surface area contributed by atoms with E-state index in [-0.39, 0.29) is 17.6 Å². The van der Waals surface area contributed by atoms with E-state index in [1.165, 1.54) is 35.1 Å². The van der Waals surface area contributed by atoms with Crippen LogP contribution in [0, 0.1) is 0 Å². The van der Waals surface area contributed by atoms with Gasteiger partial charge in [0.1, 0.15) is 11.4 Å². The Morgan fingerprint density at radius 1 is 1.40 bits per heavy atom. The second-order valence-electron chi connectivity index (χ2n) is 6.39. The molecule has 2 aromatic rings. The van der Waals surface area contributed by atoms with Crippen LogP contribution in [0.4, 0.5) is 5.69 Å². The van der Waals surface area contributed by atoms with E-state index in [1.54, 1.807) is 24.3 Å². The number of hydrogen-bond donors (Lipinski definition) is 1. The number of halogens is 1. The summed E-state index contributed by atoms with van der Waals surface area (Å²) in [6, 6.07) is 8.93. The van der Waals surface area contributed by atoms with Crippen molar-refractivity contribution in [2.24, 2.45) is 4.99 Å². The summed E-state index contributed by atoms with van der Waals surface area (Å²) in [5.41, 5.74) is 0.885. The molecule has 0 atom stereocenters. The summed E-state index contributed by atoms with van der Waals surface area (Å²) < 4.78 is 5.20. The molecule has 0 fully saturated rings. The minimum absolute atomic E-state index is 0.0907. The molecule has 1 aromatic carbocycles. The number of aliphatic imine (C=N–C) groups is 1. The highest BCUT2D eigenvalue weighted by atomic mass is 35.5. The number of carbonyl (C=O) groups excluding carboxylic acids is 2. The number of anilines is 1. The number of nitrogens with one attached hydrogen (secondary N) is 1. The van der Waals surface area contributed by atoms with E-state index in [9.17, 15) is 9.59 Å². The average molecular weight is 464 g/mol. The van der Waals surface area contributed by atoms with Crippen molar-refractivity contribution in [3.63, 3.8) is 0 Å². The van der Waals surface area contributed by atoms with Gasteiger partial charge < -0.3 is 10.1 Å². The Morgan fingerprint density at radius 2 is 2.23 bits per heavy atom. The fraction of sp³-hybridized carbons (Fsp3) is 0.286. The topological polar surface area (TPSA) is 71.0 Å². The second-order valence-corrected chi connectivity index (χ2v) is 8.72. The molecule has 2 heterocycles. The normalized spacial score (nSPS) is 14.9. The zero-order valence-electron chi connectivity index (χ0n) is 16.7. The van der Waals surface area contributed by atoms with Crippen LogP contribution in [0.25, 0.3) is 6.08 Å². The van der Waals surface area contributed by atoms with Crippen LogP contribution in [0.15, 0.2) is 46.4 Å². The van der Waals surface area contributed by atoms with Crippen molar-refractivity contribution in [3.8, 4) is 5.75 Å². The first kappa shape index (κ1) is 22.4. The van der Waals surface area contributed by atoms with Gasteiger partial charge in [-0.2, -0.15) is 0 Å². The van der Waals surface area contributed by atoms with Crippen LogP contribution in [0.2, 0.25) is 5.02 Å². The fourth-order valence-corrected chi connectivity index (χ4v) is 4.45. The van der Waals surface area contributed by atoms with Crippen LogP contribution in [0.3, 0.4) is 0 Å². The number of thiophene rings is 1. The summed E-state index contributed by atoms with van der Waals surface area (Å²) in [6.07, 6.45) is 3.69. The van der Waals surface area contributed by atoms with Crippen molar-refractivity contribution in [1.82, 2.24) is 5.32 Å². The zero-order valence-corrected chi connectivity index (χ0v) is 19.1. The zero-order chi connectivity index (χ0) is 21.5. The molecule has 1 N–H and O–H groups in total. The van der Waals surface area contributed by atoms with Crippen molar-refractivity contribution >= 4 is 63.4 Å². The summed E-state index contributed by atoms with van der Waals surface area (Å²) in [7, 11) is 1.53. The van der Waals surface area contributed by atoms with Gasteiger partial charge in [0.15, 0.2) is 5.17 Å². The van der Waals surface area contributed by atoms with Crippen molar-refractivity contribution in [2.45, 2.75) is 19.8 Å². The number of amidine groups is 1. The summed E-state index contributed by atoms with van der Waals surface area (Å²) in [5, 5.41) is 5.64. The maximum Gasteiger partial charge on any atom is 0.283 e. The lowest BCUT2D eigenvalue weighted by molar-refractivity contribution is -0.118. The third-order valence-corrected chi connectivity index (χ3v) is 6.28. The summed E-state index contributed by atoms with van der Waals surface area (Å²) in [4.78, 5) is 32.2. The van der Waals surface area contributed by atoms with E-state index in [0.717, 1.165) is 17.7 Å². The number of nitrogens with zero attached hydrogens (tertiary/aromatic N) is 2. The van der Waals surface area contributed by atoms with Gasteiger partial charge in [-0.05, 0) is 42.1 Å². The van der Waals surface area contributed by atoms with E-state index in [0.29, 0.717) is 33.9 Å². The quantitative estimate of drug-likeness (QED) is 0.450. The van der Waals surface area contributed by atoms with Crippen LogP contribution in [-0.2, 0) is 9.59 Å². The minimum atomic E-state index is -0.265. The van der Waals surface area contributed by atoms with Crippen LogP contribution in [0.1, 0.15) is 24.6 Å². The number of amides is 2. The van der Waals surface area contributed by atoms with Crippen LogP contribution < -0.4 is 15.0 Å². The molecule has 0 spiro atoms. The number of rotatable bonds is 8. The number of thioether (sulfide) groups is 1. The Hall–Kier alpha value is -2.29. The van der Waals surface area contributed by atoms with Gasteiger partial charge in [-0.15, -0.1) is 11.3 Å². The van der Waals surface area contributed by atoms with E-state index in [2.05, 4.69) is 17.2 Å². The highest BCUT2D eigenvalue weighted by Gasteiger charge is 2.32. The van der Waals surface area contributed by atoms with Gasteiger partial charge >= 0.3 is 0 Å². The van der Waals surface area contributed by atoms with E-state index < -0.39 is 0 Å². The number of hydrogen-bond acceptors (Lipinski definition) is 6. The molecule has 0 unspecified atom stereocenters. The van der Waals surface area contributed by atoms with Gasteiger partial charge in [0, 0.05) is 11.4 Å². The van der Waals surface area contributed by atoms with Gasteiger partial charge in [0.2, 0.25) is 5.91 Å². The van der Waals surface area contributed by atoms with Crippen molar-refractivity contribution in [2.75, 3.05) is 24.3 Å². The van der Waals surface area contributed by atoms with Gasteiger partial charge in [-0.1, -0.05) is 42.8 Å². The maximum atomic E-state index is 13.1. The predicted molar refractivity (Wildman–Crippen MR) is 126 cm³/mol. The first-order valence-electron chi connectivity index (χ1n) is 9.45. The smallest absolute Gasteiger partial charge is 0.283 e. The molecule has 1 aliphatic heterocycles. The fourth-order valence-electron chi connectivity index (χ4n) is 2.71. The molecular weight excluding hydrogens is 442 g/mol. The van der Waals surface area contributed by atoms with Gasteiger partial charge in [-0.25, -0.2) is 4.99 Å². The van der Waals surface area contributed by atoms with Crippen LogP contribution in [-0.4, -0.2) is 36.4 Å². The molecule has 0 bridgehead atoms. The largest absolute Gasteiger partial charge is 0.495 e. The molecule has 1 aliphatic rings. The van der Waals surface area contributed by atoms with Crippen LogP contribution in [0.5, 0.6) is 5.75 Å². The monoisotopic (exact) mass is 463 g/mol. The number of unbranched alkanes of at least 4 members (excludes halogenated alkanes) is 1. The molecule has 0 aliphatic carbocycles. The molecule has 6 nitrogen and oxygen atoms in total. The number of ether oxygens (including phenoxy) is 1. The first-order valence-corrected chi connectivity index (χ1v) is 11.7. The molecule has 9 heteroatoms. The summed E-state index contributed by atoms with van der Waals surface area (Å²) in [5.74, 6) is 0.330. The lowest BCUT2D eigenvalue weighted by Crippen LogP contribution is -2.32. The number of methoxy groups -OCH3 is 1. The van der Waals surface area contributed by atoms with E-state index in [4.69, 9.17) is 16.3 Å².